The highest BCUT2D eigenvalue weighted by Gasteiger charge is 2.19. The van der Waals surface area contributed by atoms with Gasteiger partial charge in [-0.05, 0) is 31.7 Å². The Kier molecular flexibility index (Phi) is 7.76. The molecule has 1 aromatic heterocycles. The average molecular weight is 426 g/mol. The third-order valence-corrected chi connectivity index (χ3v) is 5.79. The number of piperazine rings is 1. The minimum atomic E-state index is 0.449. The highest BCUT2D eigenvalue weighted by Crippen LogP contribution is 2.34. The molecule has 0 N–H and O–H groups in total. The minimum absolute atomic E-state index is 0.449. The Morgan fingerprint density at radius 3 is 2.73 bits per heavy atom. The summed E-state index contributed by atoms with van der Waals surface area (Å²) in [6, 6.07) is 8.34. The summed E-state index contributed by atoms with van der Waals surface area (Å²) in [4.78, 5) is 17.8. The first-order valence-corrected chi connectivity index (χ1v) is 11.0. The number of ether oxygens (including phenoxy) is 1. The fourth-order valence-corrected chi connectivity index (χ4v) is 3.90. The van der Waals surface area contributed by atoms with Gasteiger partial charge in [0.2, 0.25) is 11.8 Å². The van der Waals surface area contributed by atoms with Gasteiger partial charge in [0.1, 0.15) is 6.61 Å². The molecule has 1 aliphatic rings. The molecule has 6 nitrogen and oxygen atoms in total. The van der Waals surface area contributed by atoms with Crippen LogP contribution in [0.5, 0.6) is 5.88 Å². The molecule has 0 bridgehead atoms. The van der Waals surface area contributed by atoms with Gasteiger partial charge in [-0.25, -0.2) is 4.98 Å². The molecule has 0 aliphatic carbocycles. The molecule has 1 aromatic carbocycles. The van der Waals surface area contributed by atoms with Crippen molar-refractivity contribution in [3.8, 4) is 5.88 Å². The summed E-state index contributed by atoms with van der Waals surface area (Å²) in [5, 5.41) is 0. The molecule has 2 aromatic rings. The van der Waals surface area contributed by atoms with E-state index in [-0.39, 0.29) is 0 Å². The fourth-order valence-electron chi connectivity index (χ4n) is 3.12. The van der Waals surface area contributed by atoms with E-state index in [1.807, 2.05) is 45.4 Å². The number of benzene rings is 1. The Bertz CT molecular complexity index is 891. The number of allylic oxidation sites excluding steroid dienone is 2. The van der Waals surface area contributed by atoms with Crippen molar-refractivity contribution < 1.29 is 4.74 Å². The van der Waals surface area contributed by atoms with Gasteiger partial charge in [-0.3, -0.25) is 0 Å². The van der Waals surface area contributed by atoms with Crippen molar-refractivity contribution in [3.05, 3.63) is 59.7 Å². The van der Waals surface area contributed by atoms with Crippen LogP contribution in [0.15, 0.2) is 59.0 Å². The first-order valence-electron chi connectivity index (χ1n) is 10.2. The van der Waals surface area contributed by atoms with E-state index in [9.17, 15) is 0 Å². The zero-order valence-corrected chi connectivity index (χ0v) is 19.2. The molecular formula is C23H31N5OS. The highest BCUT2D eigenvalue weighted by atomic mass is 32.2. The van der Waals surface area contributed by atoms with Crippen molar-refractivity contribution in [2.24, 2.45) is 0 Å². The topological polar surface area (TPSA) is 44.7 Å². The lowest BCUT2D eigenvalue weighted by Crippen LogP contribution is -2.45. The molecule has 0 amide bonds. The molecule has 0 atom stereocenters. The van der Waals surface area contributed by atoms with Gasteiger partial charge in [0.25, 0.3) is 0 Å². The van der Waals surface area contributed by atoms with Crippen LogP contribution in [0.4, 0.5) is 11.6 Å². The summed E-state index contributed by atoms with van der Waals surface area (Å²) in [5.41, 5.74) is 2.25. The lowest BCUT2D eigenvalue weighted by Gasteiger charge is -2.32. The van der Waals surface area contributed by atoms with Gasteiger partial charge < -0.3 is 19.4 Å². The van der Waals surface area contributed by atoms with E-state index >= 15 is 0 Å². The third kappa shape index (κ3) is 6.00. The first-order chi connectivity index (χ1) is 14.5. The predicted molar refractivity (Wildman–Crippen MR) is 127 cm³/mol. The summed E-state index contributed by atoms with van der Waals surface area (Å²) in [6.45, 7) is 10.4. The second kappa shape index (κ2) is 10.5. The van der Waals surface area contributed by atoms with Crippen molar-refractivity contribution in [2.75, 3.05) is 57.1 Å². The fraction of sp³-hybridized carbons (Fsp3) is 0.391. The maximum absolute atomic E-state index is 6.20. The molecule has 3 rings (SSSR count). The van der Waals surface area contributed by atoms with Crippen molar-refractivity contribution in [1.29, 1.82) is 0 Å². The van der Waals surface area contributed by atoms with Crippen LogP contribution in [-0.4, -0.2) is 62.2 Å². The van der Waals surface area contributed by atoms with E-state index in [1.165, 1.54) is 11.8 Å². The smallest absolute Gasteiger partial charge is 0.232 e. The molecule has 2 heterocycles. The third-order valence-electron chi connectivity index (χ3n) is 4.89. The van der Waals surface area contributed by atoms with E-state index in [2.05, 4.69) is 51.5 Å². The van der Waals surface area contributed by atoms with Gasteiger partial charge in [-0.15, -0.1) is 0 Å². The number of thioether (sulfide) groups is 1. The zero-order chi connectivity index (χ0) is 21.5. The molecule has 0 saturated carbocycles. The van der Waals surface area contributed by atoms with Crippen molar-refractivity contribution in [3.63, 3.8) is 0 Å². The van der Waals surface area contributed by atoms with Crippen LogP contribution >= 0.6 is 11.8 Å². The van der Waals surface area contributed by atoms with E-state index in [4.69, 9.17) is 9.72 Å². The molecule has 1 aliphatic heterocycles. The van der Waals surface area contributed by atoms with E-state index in [0.29, 0.717) is 12.5 Å². The maximum Gasteiger partial charge on any atom is 0.232 e. The largest absolute Gasteiger partial charge is 0.472 e. The van der Waals surface area contributed by atoms with Crippen molar-refractivity contribution >= 4 is 23.4 Å². The Morgan fingerprint density at radius 1 is 1.27 bits per heavy atom. The number of aromatic nitrogens is 2. The molecule has 1 saturated heterocycles. The number of hydrogen-bond donors (Lipinski definition) is 0. The van der Waals surface area contributed by atoms with Crippen LogP contribution in [0.3, 0.4) is 0 Å². The summed E-state index contributed by atoms with van der Waals surface area (Å²) in [7, 11) is 6.21. The number of rotatable bonds is 8. The molecule has 160 valence electrons. The van der Waals surface area contributed by atoms with Crippen molar-refractivity contribution in [1.82, 2.24) is 14.9 Å². The van der Waals surface area contributed by atoms with E-state index in [1.54, 1.807) is 0 Å². The minimum Gasteiger partial charge on any atom is -0.472 e. The van der Waals surface area contributed by atoms with Gasteiger partial charge >= 0.3 is 0 Å². The first kappa shape index (κ1) is 22.2. The summed E-state index contributed by atoms with van der Waals surface area (Å²) < 4.78 is 6.20. The summed E-state index contributed by atoms with van der Waals surface area (Å²) >= 11 is 1.53. The van der Waals surface area contributed by atoms with Crippen LogP contribution in [0.25, 0.3) is 0 Å². The monoisotopic (exact) mass is 425 g/mol. The number of hydrogen-bond acceptors (Lipinski definition) is 7. The van der Waals surface area contributed by atoms with E-state index in [0.717, 1.165) is 53.2 Å². The van der Waals surface area contributed by atoms with Crippen LogP contribution < -0.4 is 14.5 Å². The van der Waals surface area contributed by atoms with E-state index < -0.39 is 0 Å². The summed E-state index contributed by atoms with van der Waals surface area (Å²) in [5.74, 6) is 1.32. The second-order valence-corrected chi connectivity index (χ2v) is 8.72. The lowest BCUT2D eigenvalue weighted by molar-refractivity contribution is 0.283. The van der Waals surface area contributed by atoms with Crippen LogP contribution in [0, 0.1) is 0 Å². The Hall–Kier alpha value is -2.51. The van der Waals surface area contributed by atoms with Gasteiger partial charge in [0.05, 0.1) is 11.1 Å². The molecule has 1 fully saturated rings. The normalized spacial score (nSPS) is 14.9. The zero-order valence-electron chi connectivity index (χ0n) is 18.3. The molecule has 7 heteroatoms. The van der Waals surface area contributed by atoms with Crippen LogP contribution in [0.1, 0.15) is 12.5 Å². The quantitative estimate of drug-likeness (QED) is 0.467. The highest BCUT2D eigenvalue weighted by molar-refractivity contribution is 8.03. The Labute approximate surface area is 184 Å². The SMILES string of the molecule is C=C(/C=C\C)Sc1cnc(N2CCN(C)CC2)nc1OCc1cccc(N(C)C)c1. The van der Waals surface area contributed by atoms with Crippen LogP contribution in [-0.2, 0) is 6.61 Å². The molecule has 30 heavy (non-hydrogen) atoms. The van der Waals surface area contributed by atoms with Gasteiger partial charge in [-0.2, -0.15) is 4.98 Å². The van der Waals surface area contributed by atoms with Crippen molar-refractivity contribution in [2.45, 2.75) is 18.4 Å². The Balaban J connectivity index is 1.81. The van der Waals surface area contributed by atoms with Gasteiger partial charge in [0.15, 0.2) is 0 Å². The number of anilines is 2. The molecule has 0 spiro atoms. The standard InChI is InChI=1S/C23H31N5OS/c1-6-8-18(2)30-21-16-24-23(28-13-11-27(5)12-14-28)25-22(21)29-17-19-9-7-10-20(15-19)26(3)4/h6-10,15-16H,2,11-14,17H2,1,3-5H3/b8-6-. The maximum atomic E-state index is 6.20. The average Bonchev–Trinajstić information content (AvgIpc) is 2.74. The predicted octanol–water partition coefficient (Wildman–Crippen LogP) is 4.06. The van der Waals surface area contributed by atoms with Crippen LogP contribution in [0.2, 0.25) is 0 Å². The number of likely N-dealkylation sites (N-methyl/N-ethyl adjacent to an activating group) is 1. The number of nitrogens with zero attached hydrogens (tertiary/aromatic N) is 5. The molecule has 0 unspecified atom stereocenters. The Morgan fingerprint density at radius 2 is 2.03 bits per heavy atom. The van der Waals surface area contributed by atoms with Gasteiger partial charge in [-0.1, -0.05) is 42.6 Å². The van der Waals surface area contributed by atoms with Gasteiger partial charge in [0, 0.05) is 50.9 Å². The molecular weight excluding hydrogens is 394 g/mol. The summed E-state index contributed by atoms with van der Waals surface area (Å²) in [6.07, 6.45) is 5.80. The molecule has 0 radical (unpaired) electrons. The lowest BCUT2D eigenvalue weighted by atomic mass is 10.2. The second-order valence-electron chi connectivity index (χ2n) is 7.55.